The molecule has 0 aromatic heterocycles. The topological polar surface area (TPSA) is 72.5 Å². The summed E-state index contributed by atoms with van der Waals surface area (Å²) in [4.78, 5) is 11.5. The van der Waals surface area contributed by atoms with E-state index in [2.05, 4.69) is 5.32 Å². The Morgan fingerprint density at radius 3 is 2.88 bits per heavy atom. The summed E-state index contributed by atoms with van der Waals surface area (Å²) in [6.45, 7) is 0.153. The van der Waals surface area contributed by atoms with Crippen molar-refractivity contribution in [2.24, 2.45) is 0 Å². The van der Waals surface area contributed by atoms with Crippen LogP contribution in [0.25, 0.3) is 0 Å². The first-order valence-electron chi connectivity index (χ1n) is 4.92. The van der Waals surface area contributed by atoms with Gasteiger partial charge in [-0.3, -0.25) is 8.98 Å². The lowest BCUT2D eigenvalue weighted by molar-refractivity contribution is -0.115. The smallest absolute Gasteiger partial charge is 0.297 e. The number of carbonyl (C=O) groups excluding carboxylic acids is 1. The second-order valence-corrected chi connectivity index (χ2v) is 5.40. The molecule has 0 fully saturated rings. The van der Waals surface area contributed by atoms with Crippen LogP contribution in [0.5, 0.6) is 0 Å². The molecular weight excluding hydrogens is 230 g/mol. The maximum atomic E-state index is 11.6. The van der Waals surface area contributed by atoms with E-state index in [9.17, 15) is 13.2 Å². The number of rotatable bonds is 0. The monoisotopic (exact) mass is 239 g/mol. The van der Waals surface area contributed by atoms with Gasteiger partial charge < -0.3 is 5.32 Å². The summed E-state index contributed by atoms with van der Waals surface area (Å²) in [7, 11) is -3.62. The maximum Gasteiger partial charge on any atom is 0.297 e. The van der Waals surface area contributed by atoms with Crippen molar-refractivity contribution in [2.45, 2.75) is 17.7 Å². The minimum absolute atomic E-state index is 0.0905. The minimum Gasteiger partial charge on any atom is -0.326 e. The summed E-state index contributed by atoms with van der Waals surface area (Å²) in [6.07, 6.45) is 0.792. The highest BCUT2D eigenvalue weighted by molar-refractivity contribution is 7.86. The lowest BCUT2D eigenvalue weighted by Crippen LogP contribution is -2.19. The third-order valence-corrected chi connectivity index (χ3v) is 4.26. The summed E-state index contributed by atoms with van der Waals surface area (Å²) in [5.74, 6) is -0.0905. The lowest BCUT2D eigenvalue weighted by Gasteiger charge is -2.18. The Labute approximate surface area is 92.5 Å². The number of benzene rings is 1. The molecule has 1 N–H and O–H groups in total. The van der Waals surface area contributed by atoms with E-state index in [1.54, 1.807) is 6.07 Å². The number of hydrogen-bond donors (Lipinski definition) is 1. The molecule has 0 saturated heterocycles. The van der Waals surface area contributed by atoms with Gasteiger partial charge >= 0.3 is 0 Å². The molecule has 2 aliphatic rings. The van der Waals surface area contributed by atoms with Crippen LogP contribution in [-0.2, 0) is 31.9 Å². The van der Waals surface area contributed by atoms with Crippen LogP contribution in [0.4, 0.5) is 5.69 Å². The molecule has 6 heteroatoms. The van der Waals surface area contributed by atoms with Gasteiger partial charge in [-0.05, 0) is 29.7 Å². The zero-order valence-electron chi connectivity index (χ0n) is 8.32. The third-order valence-electron chi connectivity index (χ3n) is 2.86. The summed E-state index contributed by atoms with van der Waals surface area (Å²) in [5.41, 5.74) is 2.25. The Hall–Kier alpha value is -1.40. The third kappa shape index (κ3) is 1.27. The SMILES string of the molecule is O=C1Cc2c(ccc3c2CCOS3(=O)=O)N1. The quantitative estimate of drug-likeness (QED) is 0.667. The van der Waals surface area contributed by atoms with Gasteiger partial charge in [-0.15, -0.1) is 0 Å². The second kappa shape index (κ2) is 3.05. The van der Waals surface area contributed by atoms with Gasteiger partial charge in [0, 0.05) is 5.69 Å². The van der Waals surface area contributed by atoms with Crippen LogP contribution in [0.2, 0.25) is 0 Å². The number of amides is 1. The molecule has 0 atom stereocenters. The van der Waals surface area contributed by atoms with Gasteiger partial charge in [0.1, 0.15) is 0 Å². The summed E-state index contributed by atoms with van der Waals surface area (Å²) in [5, 5.41) is 2.70. The molecule has 0 bridgehead atoms. The van der Waals surface area contributed by atoms with E-state index in [4.69, 9.17) is 4.18 Å². The second-order valence-electron chi connectivity index (χ2n) is 3.82. The number of fused-ring (bicyclic) bond motifs is 3. The highest BCUT2D eigenvalue weighted by Crippen LogP contribution is 2.34. The van der Waals surface area contributed by atoms with E-state index in [1.807, 2.05) is 0 Å². The predicted molar refractivity (Wildman–Crippen MR) is 55.6 cm³/mol. The van der Waals surface area contributed by atoms with Gasteiger partial charge in [0.25, 0.3) is 10.1 Å². The summed E-state index contributed by atoms with van der Waals surface area (Å²) >= 11 is 0. The fourth-order valence-corrected chi connectivity index (χ4v) is 3.36. The van der Waals surface area contributed by atoms with E-state index < -0.39 is 10.1 Å². The maximum absolute atomic E-state index is 11.6. The molecule has 0 saturated carbocycles. The number of carbonyl (C=O) groups is 1. The molecule has 2 aliphatic heterocycles. The Bertz CT molecular complexity index is 591. The van der Waals surface area contributed by atoms with E-state index in [0.717, 1.165) is 16.8 Å². The van der Waals surface area contributed by atoms with Crippen molar-refractivity contribution >= 4 is 21.7 Å². The van der Waals surface area contributed by atoms with E-state index in [1.165, 1.54) is 6.07 Å². The lowest BCUT2D eigenvalue weighted by atomic mass is 10.0. The predicted octanol–water partition coefficient (Wildman–Crippen LogP) is 0.443. The van der Waals surface area contributed by atoms with Crippen molar-refractivity contribution in [1.29, 1.82) is 0 Å². The largest absolute Gasteiger partial charge is 0.326 e. The molecule has 1 amide bonds. The van der Waals surface area contributed by atoms with Gasteiger partial charge in [0.05, 0.1) is 17.9 Å². The van der Waals surface area contributed by atoms with E-state index >= 15 is 0 Å². The first-order chi connectivity index (χ1) is 7.58. The first kappa shape index (κ1) is 9.80. The molecule has 0 unspecified atom stereocenters. The number of nitrogens with one attached hydrogen (secondary N) is 1. The Morgan fingerprint density at radius 2 is 2.06 bits per heavy atom. The van der Waals surface area contributed by atoms with Crippen molar-refractivity contribution in [3.63, 3.8) is 0 Å². The molecule has 1 aromatic rings. The average molecular weight is 239 g/mol. The number of hydrogen-bond acceptors (Lipinski definition) is 4. The summed E-state index contributed by atoms with van der Waals surface area (Å²) in [6, 6.07) is 3.11. The van der Waals surface area contributed by atoms with Crippen LogP contribution in [0.1, 0.15) is 11.1 Å². The van der Waals surface area contributed by atoms with Crippen LogP contribution < -0.4 is 5.32 Å². The van der Waals surface area contributed by atoms with Gasteiger partial charge in [-0.25, -0.2) is 0 Å². The highest BCUT2D eigenvalue weighted by atomic mass is 32.2. The number of anilines is 1. The highest BCUT2D eigenvalue weighted by Gasteiger charge is 2.30. The average Bonchev–Trinajstić information content (AvgIpc) is 2.58. The molecule has 0 spiro atoms. The summed E-state index contributed by atoms with van der Waals surface area (Å²) < 4.78 is 28.0. The van der Waals surface area contributed by atoms with Crippen LogP contribution >= 0.6 is 0 Å². The first-order valence-corrected chi connectivity index (χ1v) is 6.33. The van der Waals surface area contributed by atoms with Crippen LogP contribution in [0.15, 0.2) is 17.0 Å². The van der Waals surface area contributed by atoms with Crippen LogP contribution in [-0.4, -0.2) is 20.9 Å². The minimum atomic E-state index is -3.62. The van der Waals surface area contributed by atoms with Crippen LogP contribution in [0.3, 0.4) is 0 Å². The zero-order valence-corrected chi connectivity index (χ0v) is 9.13. The van der Waals surface area contributed by atoms with Crippen molar-refractivity contribution < 1.29 is 17.4 Å². The normalized spacial score (nSPS) is 21.1. The molecule has 5 nitrogen and oxygen atoms in total. The van der Waals surface area contributed by atoms with Crippen molar-refractivity contribution in [1.82, 2.24) is 0 Å². The van der Waals surface area contributed by atoms with E-state index in [0.29, 0.717) is 6.42 Å². The Morgan fingerprint density at radius 1 is 1.25 bits per heavy atom. The molecule has 3 rings (SSSR count). The van der Waals surface area contributed by atoms with E-state index in [-0.39, 0.29) is 23.8 Å². The Balaban J connectivity index is 2.27. The van der Waals surface area contributed by atoms with Gasteiger partial charge in [-0.2, -0.15) is 8.42 Å². The molecule has 16 heavy (non-hydrogen) atoms. The Kier molecular flexibility index (Phi) is 1.87. The van der Waals surface area contributed by atoms with Crippen LogP contribution in [0, 0.1) is 0 Å². The fourth-order valence-electron chi connectivity index (χ4n) is 2.17. The van der Waals surface area contributed by atoms with Crippen molar-refractivity contribution in [2.75, 3.05) is 11.9 Å². The molecule has 2 heterocycles. The van der Waals surface area contributed by atoms with Gasteiger partial charge in [0.15, 0.2) is 0 Å². The molecule has 1 aromatic carbocycles. The van der Waals surface area contributed by atoms with Crippen molar-refractivity contribution in [3.05, 3.63) is 23.3 Å². The van der Waals surface area contributed by atoms with Gasteiger partial charge in [0.2, 0.25) is 5.91 Å². The molecule has 84 valence electrons. The molecule has 0 radical (unpaired) electrons. The van der Waals surface area contributed by atoms with Crippen molar-refractivity contribution in [3.8, 4) is 0 Å². The molecule has 0 aliphatic carbocycles. The molecular formula is C10H9NO4S. The zero-order chi connectivity index (χ0) is 11.3. The standard InChI is InChI=1S/C10H9NO4S/c12-10-5-7-6-3-4-15-16(13,14)9(6)2-1-8(7)11-10/h1-2H,3-5H2,(H,11,12). The fraction of sp³-hybridized carbons (Fsp3) is 0.300. The van der Waals surface area contributed by atoms with Gasteiger partial charge in [-0.1, -0.05) is 0 Å².